The Balaban J connectivity index is 1.83. The average molecular weight is 454 g/mol. The molecule has 0 spiro atoms. The van der Waals surface area contributed by atoms with Crippen molar-refractivity contribution in [3.63, 3.8) is 0 Å². The molecule has 0 heterocycles. The second-order valence-corrected chi connectivity index (χ2v) is 8.46. The Bertz CT molecular complexity index is 988. The number of benzene rings is 2. The van der Waals surface area contributed by atoms with Crippen molar-refractivity contribution in [1.82, 2.24) is 10.2 Å². The molecule has 3 rings (SSSR count). The molecule has 0 radical (unpaired) electrons. The molecule has 0 aromatic heterocycles. The van der Waals surface area contributed by atoms with Gasteiger partial charge in [-0.25, -0.2) is 0 Å². The predicted octanol–water partition coefficient (Wildman–Crippen LogP) is 4.01. The Kier molecular flexibility index (Phi) is 8.40. The summed E-state index contributed by atoms with van der Waals surface area (Å²) in [7, 11) is 1.57. The van der Waals surface area contributed by atoms with Gasteiger partial charge in [0.1, 0.15) is 11.8 Å². The Morgan fingerprint density at radius 1 is 1.15 bits per heavy atom. The van der Waals surface area contributed by atoms with Crippen molar-refractivity contribution in [3.05, 3.63) is 69.8 Å². The number of nitro groups is 1. The van der Waals surface area contributed by atoms with E-state index in [-0.39, 0.29) is 36.5 Å². The maximum Gasteiger partial charge on any atom is 0.273 e. The van der Waals surface area contributed by atoms with Gasteiger partial charge in [-0.1, -0.05) is 49.6 Å². The molecular weight excluding hydrogens is 422 g/mol. The van der Waals surface area contributed by atoms with E-state index in [9.17, 15) is 19.7 Å². The highest BCUT2D eigenvalue weighted by Crippen LogP contribution is 2.22. The molecule has 1 aliphatic rings. The standard InChI is InChI=1S/C25H31N3O5/c1-18(25(30)26-21-11-4-3-5-12-21)27(17-19-9-8-13-22(15-19)33-2)24(29)16-20-10-6-7-14-23(20)28(31)32/h6-10,13-15,18,21H,3-5,11-12,16-17H2,1-2H3,(H,26,30)/t18-/m1/s1. The summed E-state index contributed by atoms with van der Waals surface area (Å²) in [4.78, 5) is 38.8. The van der Waals surface area contributed by atoms with Crippen LogP contribution in [0, 0.1) is 10.1 Å². The number of nitrogens with one attached hydrogen (secondary N) is 1. The fourth-order valence-electron chi connectivity index (χ4n) is 4.22. The van der Waals surface area contributed by atoms with Crippen molar-refractivity contribution in [1.29, 1.82) is 0 Å². The molecule has 1 saturated carbocycles. The van der Waals surface area contributed by atoms with Crippen LogP contribution >= 0.6 is 0 Å². The Hall–Kier alpha value is -3.42. The summed E-state index contributed by atoms with van der Waals surface area (Å²) in [5.41, 5.74) is 1.03. The van der Waals surface area contributed by atoms with Gasteiger partial charge in [-0.3, -0.25) is 19.7 Å². The molecule has 1 atom stereocenters. The number of para-hydroxylation sites is 1. The molecule has 33 heavy (non-hydrogen) atoms. The molecule has 2 amide bonds. The summed E-state index contributed by atoms with van der Waals surface area (Å²) >= 11 is 0. The smallest absolute Gasteiger partial charge is 0.273 e. The Labute approximate surface area is 194 Å². The molecule has 0 bridgehead atoms. The van der Waals surface area contributed by atoms with Crippen LogP contribution < -0.4 is 10.1 Å². The predicted molar refractivity (Wildman–Crippen MR) is 125 cm³/mol. The molecule has 0 aliphatic heterocycles. The largest absolute Gasteiger partial charge is 0.497 e. The number of nitrogens with zero attached hydrogens (tertiary/aromatic N) is 2. The monoisotopic (exact) mass is 453 g/mol. The van der Waals surface area contributed by atoms with Gasteiger partial charge in [-0.05, 0) is 37.5 Å². The van der Waals surface area contributed by atoms with Gasteiger partial charge >= 0.3 is 0 Å². The van der Waals surface area contributed by atoms with Crippen LogP contribution in [0.25, 0.3) is 0 Å². The van der Waals surface area contributed by atoms with Crippen molar-refractivity contribution in [2.45, 2.75) is 64.1 Å². The number of rotatable bonds is 9. The number of hydrogen-bond donors (Lipinski definition) is 1. The zero-order chi connectivity index (χ0) is 23.8. The second kappa shape index (κ2) is 11.4. The van der Waals surface area contributed by atoms with Gasteiger partial charge < -0.3 is 15.0 Å². The Morgan fingerprint density at radius 3 is 2.58 bits per heavy atom. The number of hydrogen-bond acceptors (Lipinski definition) is 5. The van der Waals surface area contributed by atoms with E-state index in [1.54, 1.807) is 32.2 Å². The maximum atomic E-state index is 13.4. The van der Waals surface area contributed by atoms with Gasteiger partial charge in [-0.15, -0.1) is 0 Å². The van der Waals surface area contributed by atoms with E-state index in [1.807, 2.05) is 24.3 Å². The zero-order valence-electron chi connectivity index (χ0n) is 19.2. The van der Waals surface area contributed by atoms with Crippen LogP contribution in [0.2, 0.25) is 0 Å². The Morgan fingerprint density at radius 2 is 1.88 bits per heavy atom. The molecule has 1 N–H and O–H groups in total. The van der Waals surface area contributed by atoms with E-state index in [0.717, 1.165) is 31.2 Å². The molecule has 1 aliphatic carbocycles. The number of amides is 2. The zero-order valence-corrected chi connectivity index (χ0v) is 19.2. The number of ether oxygens (including phenoxy) is 1. The minimum absolute atomic E-state index is 0.105. The van der Waals surface area contributed by atoms with Crippen LogP contribution in [0.3, 0.4) is 0 Å². The first-order chi connectivity index (χ1) is 15.9. The van der Waals surface area contributed by atoms with Gasteiger partial charge in [-0.2, -0.15) is 0 Å². The van der Waals surface area contributed by atoms with Crippen molar-refractivity contribution in [3.8, 4) is 5.75 Å². The molecule has 8 heteroatoms. The van der Waals surface area contributed by atoms with Crippen molar-refractivity contribution >= 4 is 17.5 Å². The van der Waals surface area contributed by atoms with Crippen LogP contribution in [0.4, 0.5) is 5.69 Å². The van der Waals surface area contributed by atoms with E-state index in [2.05, 4.69) is 5.32 Å². The highest BCUT2D eigenvalue weighted by Gasteiger charge is 2.29. The van der Waals surface area contributed by atoms with Gasteiger partial charge in [0.15, 0.2) is 0 Å². The van der Waals surface area contributed by atoms with E-state index in [4.69, 9.17) is 4.74 Å². The topological polar surface area (TPSA) is 102 Å². The quantitative estimate of drug-likeness (QED) is 0.457. The minimum atomic E-state index is -0.728. The molecule has 8 nitrogen and oxygen atoms in total. The average Bonchev–Trinajstić information content (AvgIpc) is 2.83. The molecule has 176 valence electrons. The normalized spacial score (nSPS) is 14.8. The molecule has 0 unspecified atom stereocenters. The first-order valence-electron chi connectivity index (χ1n) is 11.3. The van der Waals surface area contributed by atoms with Crippen LogP contribution in [0.1, 0.15) is 50.2 Å². The van der Waals surface area contributed by atoms with E-state index in [0.29, 0.717) is 11.3 Å². The van der Waals surface area contributed by atoms with Crippen LogP contribution in [0.15, 0.2) is 48.5 Å². The maximum absolute atomic E-state index is 13.4. The minimum Gasteiger partial charge on any atom is -0.497 e. The van der Waals surface area contributed by atoms with Gasteiger partial charge in [0.25, 0.3) is 5.69 Å². The lowest BCUT2D eigenvalue weighted by atomic mass is 9.95. The van der Waals surface area contributed by atoms with Crippen molar-refractivity contribution < 1.29 is 19.2 Å². The third kappa shape index (κ3) is 6.54. The molecular formula is C25H31N3O5. The third-order valence-electron chi connectivity index (χ3n) is 6.14. The summed E-state index contributed by atoms with van der Waals surface area (Å²) in [6.45, 7) is 1.89. The first kappa shape index (κ1) is 24.2. The molecule has 0 saturated heterocycles. The second-order valence-electron chi connectivity index (χ2n) is 8.46. The summed E-state index contributed by atoms with van der Waals surface area (Å²) in [5, 5.41) is 14.5. The van der Waals surface area contributed by atoms with E-state index >= 15 is 0 Å². The first-order valence-corrected chi connectivity index (χ1v) is 11.3. The number of carbonyl (C=O) groups excluding carboxylic acids is 2. The number of nitro benzene ring substituents is 1. The molecule has 2 aromatic carbocycles. The van der Waals surface area contributed by atoms with Crippen molar-refractivity contribution in [2.24, 2.45) is 0 Å². The fourth-order valence-corrected chi connectivity index (χ4v) is 4.22. The van der Waals surface area contributed by atoms with Crippen LogP contribution in [0.5, 0.6) is 5.75 Å². The summed E-state index contributed by atoms with van der Waals surface area (Å²) < 4.78 is 5.29. The lowest BCUT2D eigenvalue weighted by Gasteiger charge is -2.31. The van der Waals surface area contributed by atoms with Gasteiger partial charge in [0.05, 0.1) is 18.5 Å². The van der Waals surface area contributed by atoms with Gasteiger partial charge in [0.2, 0.25) is 11.8 Å². The lowest BCUT2D eigenvalue weighted by Crippen LogP contribution is -2.50. The van der Waals surface area contributed by atoms with E-state index < -0.39 is 11.0 Å². The van der Waals surface area contributed by atoms with Gasteiger partial charge in [0, 0.05) is 24.2 Å². The fraction of sp³-hybridized carbons (Fsp3) is 0.440. The third-order valence-corrected chi connectivity index (χ3v) is 6.14. The van der Waals surface area contributed by atoms with Crippen LogP contribution in [-0.4, -0.2) is 40.8 Å². The number of carbonyl (C=O) groups is 2. The molecule has 1 fully saturated rings. The van der Waals surface area contributed by atoms with E-state index in [1.165, 1.54) is 17.4 Å². The highest BCUT2D eigenvalue weighted by molar-refractivity contribution is 5.88. The van der Waals surface area contributed by atoms with Crippen LogP contribution in [-0.2, 0) is 22.6 Å². The van der Waals surface area contributed by atoms with Crippen molar-refractivity contribution in [2.75, 3.05) is 7.11 Å². The molecule has 2 aromatic rings. The summed E-state index contributed by atoms with van der Waals surface area (Å²) in [6.07, 6.45) is 5.07. The highest BCUT2D eigenvalue weighted by atomic mass is 16.6. The number of methoxy groups -OCH3 is 1. The SMILES string of the molecule is COc1cccc(CN(C(=O)Cc2ccccc2[N+](=O)[O-])[C@H](C)C(=O)NC2CCCCC2)c1. The summed E-state index contributed by atoms with van der Waals surface area (Å²) in [6, 6.07) is 12.9. The lowest BCUT2D eigenvalue weighted by molar-refractivity contribution is -0.385. The summed E-state index contributed by atoms with van der Waals surface area (Å²) in [5.74, 6) is 0.0945.